The Morgan fingerprint density at radius 1 is 0.762 bits per heavy atom. The molecule has 0 amide bonds. The van der Waals surface area contributed by atoms with E-state index in [0.29, 0.717) is 0 Å². The molecule has 0 unspecified atom stereocenters. The Morgan fingerprint density at radius 2 is 1.43 bits per heavy atom. The van der Waals surface area contributed by atoms with Gasteiger partial charge in [0.15, 0.2) is 0 Å². The van der Waals surface area contributed by atoms with Crippen LogP contribution in [0, 0.1) is 0 Å². The summed E-state index contributed by atoms with van der Waals surface area (Å²) < 4.78 is 2.07. The van der Waals surface area contributed by atoms with E-state index in [2.05, 4.69) is 52.3 Å². The van der Waals surface area contributed by atoms with Gasteiger partial charge in [0.05, 0.1) is 0 Å². The molecule has 106 valence electrons. The van der Waals surface area contributed by atoms with E-state index in [1.807, 2.05) is 30.3 Å². The van der Waals surface area contributed by atoms with Gasteiger partial charge in [0.1, 0.15) is 5.15 Å². The summed E-state index contributed by atoms with van der Waals surface area (Å²) in [7, 11) is 0. The standard InChI is InChI=1S/C18H17ClN2/c19-18-12-11-17(21(18)16-9-5-2-6-10-16)14-20-13-15-7-3-1-4-8-15/h1-12,20H,13-14H2. The van der Waals surface area contributed by atoms with Gasteiger partial charge in [-0.3, -0.25) is 0 Å². The fourth-order valence-corrected chi connectivity index (χ4v) is 2.66. The molecular formula is C18H17ClN2. The van der Waals surface area contributed by atoms with Crippen LogP contribution in [0.2, 0.25) is 5.15 Å². The zero-order chi connectivity index (χ0) is 14.5. The zero-order valence-electron chi connectivity index (χ0n) is 11.7. The van der Waals surface area contributed by atoms with Crippen LogP contribution < -0.4 is 5.32 Å². The number of aromatic nitrogens is 1. The van der Waals surface area contributed by atoms with Crippen LogP contribution in [-0.4, -0.2) is 4.57 Å². The van der Waals surface area contributed by atoms with Gasteiger partial charge in [-0.05, 0) is 29.8 Å². The van der Waals surface area contributed by atoms with Crippen LogP contribution >= 0.6 is 11.6 Å². The Hall–Kier alpha value is -2.03. The zero-order valence-corrected chi connectivity index (χ0v) is 12.4. The van der Waals surface area contributed by atoms with E-state index in [1.54, 1.807) is 0 Å². The molecule has 0 saturated carbocycles. The molecule has 0 radical (unpaired) electrons. The molecule has 0 aliphatic carbocycles. The van der Waals surface area contributed by atoms with Crippen LogP contribution in [0.4, 0.5) is 0 Å². The normalized spacial score (nSPS) is 10.7. The molecule has 3 rings (SSSR count). The van der Waals surface area contributed by atoms with E-state index in [4.69, 9.17) is 11.6 Å². The van der Waals surface area contributed by atoms with Crippen LogP contribution in [0.5, 0.6) is 0 Å². The summed E-state index contributed by atoms with van der Waals surface area (Å²) in [6.45, 7) is 1.62. The predicted octanol–water partition coefficient (Wildman–Crippen LogP) is 4.42. The maximum Gasteiger partial charge on any atom is 0.113 e. The largest absolute Gasteiger partial charge is 0.307 e. The first-order valence-corrected chi connectivity index (χ1v) is 7.38. The summed E-state index contributed by atoms with van der Waals surface area (Å²) in [5.41, 5.74) is 3.52. The van der Waals surface area contributed by atoms with Gasteiger partial charge in [-0.1, -0.05) is 60.1 Å². The van der Waals surface area contributed by atoms with E-state index in [9.17, 15) is 0 Å². The molecule has 3 heteroatoms. The summed E-state index contributed by atoms with van der Waals surface area (Å²) in [6.07, 6.45) is 0. The van der Waals surface area contributed by atoms with Crippen molar-refractivity contribution in [3.63, 3.8) is 0 Å². The first-order valence-electron chi connectivity index (χ1n) is 7.01. The molecule has 1 aromatic heterocycles. The van der Waals surface area contributed by atoms with Gasteiger partial charge in [-0.25, -0.2) is 0 Å². The summed E-state index contributed by atoms with van der Waals surface area (Å²) in [5.74, 6) is 0. The monoisotopic (exact) mass is 296 g/mol. The Balaban J connectivity index is 1.72. The third-order valence-electron chi connectivity index (χ3n) is 3.41. The third-order valence-corrected chi connectivity index (χ3v) is 3.70. The highest BCUT2D eigenvalue weighted by Gasteiger charge is 2.07. The lowest BCUT2D eigenvalue weighted by atomic mass is 10.2. The molecule has 0 aliphatic rings. The average molecular weight is 297 g/mol. The molecule has 0 fully saturated rings. The summed E-state index contributed by atoms with van der Waals surface area (Å²) >= 11 is 6.31. The minimum atomic E-state index is 0.734. The molecule has 0 atom stereocenters. The van der Waals surface area contributed by atoms with E-state index in [1.165, 1.54) is 5.56 Å². The SMILES string of the molecule is Clc1ccc(CNCc2ccccc2)n1-c1ccccc1. The number of nitrogens with one attached hydrogen (secondary N) is 1. The topological polar surface area (TPSA) is 17.0 Å². The fraction of sp³-hybridized carbons (Fsp3) is 0.111. The second-order valence-corrected chi connectivity index (χ2v) is 5.29. The number of rotatable bonds is 5. The molecule has 0 saturated heterocycles. The Bertz CT molecular complexity index is 690. The first-order chi connectivity index (χ1) is 10.3. The second-order valence-electron chi connectivity index (χ2n) is 4.91. The third kappa shape index (κ3) is 3.35. The van der Waals surface area contributed by atoms with Gasteiger partial charge < -0.3 is 9.88 Å². The molecule has 0 aliphatic heterocycles. The fourth-order valence-electron chi connectivity index (χ4n) is 2.39. The van der Waals surface area contributed by atoms with E-state index in [-0.39, 0.29) is 0 Å². The molecule has 1 N–H and O–H groups in total. The lowest BCUT2D eigenvalue weighted by Gasteiger charge is -2.11. The molecule has 1 heterocycles. The van der Waals surface area contributed by atoms with Gasteiger partial charge >= 0.3 is 0 Å². The van der Waals surface area contributed by atoms with E-state index in [0.717, 1.165) is 29.6 Å². The van der Waals surface area contributed by atoms with E-state index >= 15 is 0 Å². The number of hydrogen-bond acceptors (Lipinski definition) is 1. The van der Waals surface area contributed by atoms with Crippen LogP contribution in [-0.2, 0) is 13.1 Å². The molecule has 0 bridgehead atoms. The van der Waals surface area contributed by atoms with Crippen molar-refractivity contribution >= 4 is 11.6 Å². The quantitative estimate of drug-likeness (QED) is 0.737. The lowest BCUT2D eigenvalue weighted by molar-refractivity contribution is 0.670. The Morgan fingerprint density at radius 3 is 2.14 bits per heavy atom. The van der Waals surface area contributed by atoms with Crippen molar-refractivity contribution in [1.82, 2.24) is 9.88 Å². The van der Waals surface area contributed by atoms with Crippen molar-refractivity contribution in [3.8, 4) is 5.69 Å². The van der Waals surface area contributed by atoms with Crippen molar-refractivity contribution in [2.24, 2.45) is 0 Å². The van der Waals surface area contributed by atoms with Crippen LogP contribution in [0.15, 0.2) is 72.8 Å². The van der Waals surface area contributed by atoms with Gasteiger partial charge in [0.2, 0.25) is 0 Å². The van der Waals surface area contributed by atoms with E-state index < -0.39 is 0 Å². The smallest absolute Gasteiger partial charge is 0.113 e. The Labute approximate surface area is 130 Å². The van der Waals surface area contributed by atoms with Crippen molar-refractivity contribution < 1.29 is 0 Å². The maximum atomic E-state index is 6.31. The maximum absolute atomic E-state index is 6.31. The van der Waals surface area contributed by atoms with Crippen LogP contribution in [0.25, 0.3) is 5.69 Å². The number of halogens is 1. The van der Waals surface area contributed by atoms with Crippen molar-refractivity contribution in [2.45, 2.75) is 13.1 Å². The molecule has 3 aromatic rings. The highest BCUT2D eigenvalue weighted by Crippen LogP contribution is 2.21. The molecule has 2 nitrogen and oxygen atoms in total. The highest BCUT2D eigenvalue weighted by molar-refractivity contribution is 6.30. The average Bonchev–Trinajstić information content (AvgIpc) is 2.90. The molecule has 2 aromatic carbocycles. The van der Waals surface area contributed by atoms with Crippen LogP contribution in [0.3, 0.4) is 0 Å². The van der Waals surface area contributed by atoms with Gasteiger partial charge in [-0.15, -0.1) is 0 Å². The number of benzene rings is 2. The molecule has 21 heavy (non-hydrogen) atoms. The van der Waals surface area contributed by atoms with Crippen molar-refractivity contribution in [3.05, 3.63) is 89.2 Å². The summed E-state index contributed by atoms with van der Waals surface area (Å²) in [5, 5.41) is 4.20. The Kier molecular flexibility index (Phi) is 4.39. The number of para-hydroxylation sites is 1. The van der Waals surface area contributed by atoms with Crippen molar-refractivity contribution in [1.29, 1.82) is 0 Å². The van der Waals surface area contributed by atoms with Gasteiger partial charge in [0.25, 0.3) is 0 Å². The summed E-state index contributed by atoms with van der Waals surface area (Å²) in [6, 6.07) is 24.6. The highest BCUT2D eigenvalue weighted by atomic mass is 35.5. The number of nitrogens with zero attached hydrogens (tertiary/aromatic N) is 1. The number of hydrogen-bond donors (Lipinski definition) is 1. The van der Waals surface area contributed by atoms with Gasteiger partial charge in [0, 0.05) is 24.5 Å². The second kappa shape index (κ2) is 6.61. The molecular weight excluding hydrogens is 280 g/mol. The van der Waals surface area contributed by atoms with Gasteiger partial charge in [-0.2, -0.15) is 0 Å². The van der Waals surface area contributed by atoms with Crippen LogP contribution in [0.1, 0.15) is 11.3 Å². The molecule has 0 spiro atoms. The minimum absolute atomic E-state index is 0.734. The minimum Gasteiger partial charge on any atom is -0.307 e. The van der Waals surface area contributed by atoms with Crippen molar-refractivity contribution in [2.75, 3.05) is 0 Å². The lowest BCUT2D eigenvalue weighted by Crippen LogP contribution is -2.15. The predicted molar refractivity (Wildman–Crippen MR) is 87.8 cm³/mol. The summed E-state index contributed by atoms with van der Waals surface area (Å²) in [4.78, 5) is 0. The first kappa shape index (κ1) is 13.9.